The first-order chi connectivity index (χ1) is 9.15. The monoisotopic (exact) mass is 279 g/mol. The molecule has 0 N–H and O–H groups in total. The van der Waals surface area contributed by atoms with Crippen LogP contribution in [0.4, 0.5) is 0 Å². The van der Waals surface area contributed by atoms with E-state index in [1.165, 1.54) is 61.0 Å². The first-order valence-corrected chi connectivity index (χ1v) is 8.39. The van der Waals surface area contributed by atoms with E-state index < -0.39 is 0 Å². The summed E-state index contributed by atoms with van der Waals surface area (Å²) in [5.74, 6) is 0. The molecule has 2 atom stereocenters. The van der Waals surface area contributed by atoms with Crippen molar-refractivity contribution in [1.82, 2.24) is 14.8 Å². The Kier molecular flexibility index (Phi) is 3.92. The van der Waals surface area contributed by atoms with Gasteiger partial charge in [0.2, 0.25) is 0 Å². The minimum Gasteiger partial charge on any atom is -0.298 e. The Morgan fingerprint density at radius 2 is 2.05 bits per heavy atom. The molecule has 2 saturated heterocycles. The number of aryl methyl sites for hydroxylation is 2. The van der Waals surface area contributed by atoms with E-state index in [4.69, 9.17) is 0 Å². The Morgan fingerprint density at radius 3 is 2.79 bits per heavy atom. The van der Waals surface area contributed by atoms with Gasteiger partial charge in [0.25, 0.3) is 0 Å². The van der Waals surface area contributed by atoms with Crippen molar-refractivity contribution in [2.24, 2.45) is 0 Å². The molecule has 0 aliphatic carbocycles. The van der Waals surface area contributed by atoms with Crippen molar-refractivity contribution in [3.8, 4) is 0 Å². The molecule has 0 radical (unpaired) electrons. The summed E-state index contributed by atoms with van der Waals surface area (Å²) in [7, 11) is 0. The van der Waals surface area contributed by atoms with Crippen molar-refractivity contribution in [2.75, 3.05) is 26.2 Å². The van der Waals surface area contributed by atoms with Crippen LogP contribution in [0.5, 0.6) is 0 Å². The normalized spacial score (nSPS) is 27.2. The number of fused-ring (bicyclic) bond motifs is 1. The van der Waals surface area contributed by atoms with Crippen LogP contribution in [0.3, 0.4) is 0 Å². The van der Waals surface area contributed by atoms with E-state index in [9.17, 15) is 0 Å². The number of thiazole rings is 1. The third-order valence-electron chi connectivity index (χ3n) is 4.74. The zero-order chi connectivity index (χ0) is 13.4. The van der Waals surface area contributed by atoms with Gasteiger partial charge in [-0.3, -0.25) is 9.80 Å². The summed E-state index contributed by atoms with van der Waals surface area (Å²) >= 11 is 1.88. The zero-order valence-corrected chi connectivity index (χ0v) is 13.2. The Morgan fingerprint density at radius 1 is 1.21 bits per heavy atom. The molecule has 2 fully saturated rings. The van der Waals surface area contributed by atoms with E-state index in [-0.39, 0.29) is 0 Å². The van der Waals surface area contributed by atoms with E-state index in [1.54, 1.807) is 0 Å². The average Bonchev–Trinajstić information content (AvgIpc) is 2.76. The lowest BCUT2D eigenvalue weighted by Gasteiger charge is -2.45. The molecule has 106 valence electrons. The lowest BCUT2D eigenvalue weighted by Crippen LogP contribution is -2.55. The van der Waals surface area contributed by atoms with Gasteiger partial charge in [0.15, 0.2) is 0 Å². The van der Waals surface area contributed by atoms with E-state index >= 15 is 0 Å². The standard InChI is InChI=1S/C15H25N3S/c1-11-15(19-13(3)16-11)12(2)18-9-8-17-7-5-4-6-14(17)10-18/h12,14H,4-10H2,1-3H3. The fraction of sp³-hybridized carbons (Fsp3) is 0.800. The maximum absolute atomic E-state index is 4.59. The number of hydrogen-bond acceptors (Lipinski definition) is 4. The molecule has 0 amide bonds. The smallest absolute Gasteiger partial charge is 0.0900 e. The van der Waals surface area contributed by atoms with Crippen molar-refractivity contribution in [3.05, 3.63) is 15.6 Å². The molecule has 2 aliphatic rings. The molecule has 2 unspecified atom stereocenters. The van der Waals surface area contributed by atoms with Crippen LogP contribution in [-0.4, -0.2) is 47.0 Å². The van der Waals surface area contributed by atoms with Crippen LogP contribution < -0.4 is 0 Å². The second kappa shape index (κ2) is 5.51. The van der Waals surface area contributed by atoms with Gasteiger partial charge in [-0.1, -0.05) is 6.42 Å². The second-order valence-corrected chi connectivity index (χ2v) is 7.27. The van der Waals surface area contributed by atoms with Gasteiger partial charge in [-0.2, -0.15) is 0 Å². The summed E-state index contributed by atoms with van der Waals surface area (Å²) in [6.45, 7) is 11.7. The van der Waals surface area contributed by atoms with Gasteiger partial charge in [-0.15, -0.1) is 11.3 Å². The number of piperazine rings is 1. The van der Waals surface area contributed by atoms with Crippen LogP contribution in [0.15, 0.2) is 0 Å². The minimum atomic E-state index is 0.537. The molecular formula is C15H25N3S. The Bertz CT molecular complexity index is 443. The molecule has 0 bridgehead atoms. The molecule has 4 heteroatoms. The van der Waals surface area contributed by atoms with E-state index in [1.807, 2.05) is 11.3 Å². The highest BCUT2D eigenvalue weighted by Gasteiger charge is 2.32. The summed E-state index contributed by atoms with van der Waals surface area (Å²) in [6.07, 6.45) is 4.21. The van der Waals surface area contributed by atoms with Gasteiger partial charge >= 0.3 is 0 Å². The molecule has 19 heavy (non-hydrogen) atoms. The first kappa shape index (κ1) is 13.5. The van der Waals surface area contributed by atoms with Crippen LogP contribution in [-0.2, 0) is 0 Å². The largest absolute Gasteiger partial charge is 0.298 e. The summed E-state index contributed by atoms with van der Waals surface area (Å²) in [6, 6.07) is 1.34. The summed E-state index contributed by atoms with van der Waals surface area (Å²) in [4.78, 5) is 11.4. The van der Waals surface area contributed by atoms with Crippen molar-refractivity contribution >= 4 is 11.3 Å². The van der Waals surface area contributed by atoms with Crippen LogP contribution >= 0.6 is 11.3 Å². The van der Waals surface area contributed by atoms with E-state index in [0.717, 1.165) is 6.04 Å². The maximum Gasteiger partial charge on any atom is 0.0900 e. The molecule has 2 aliphatic heterocycles. The van der Waals surface area contributed by atoms with Crippen molar-refractivity contribution < 1.29 is 0 Å². The maximum atomic E-state index is 4.59. The highest BCUT2D eigenvalue weighted by molar-refractivity contribution is 7.11. The van der Waals surface area contributed by atoms with Gasteiger partial charge in [0.05, 0.1) is 10.7 Å². The predicted octanol–water partition coefficient (Wildman–Crippen LogP) is 2.99. The zero-order valence-electron chi connectivity index (χ0n) is 12.4. The SMILES string of the molecule is Cc1nc(C)c(C(C)N2CCN3CCCCC3C2)s1. The number of piperidine rings is 1. The topological polar surface area (TPSA) is 19.4 Å². The number of hydrogen-bond donors (Lipinski definition) is 0. The van der Waals surface area contributed by atoms with Crippen LogP contribution in [0.1, 0.15) is 47.8 Å². The van der Waals surface area contributed by atoms with E-state index in [0.29, 0.717) is 6.04 Å². The molecule has 3 heterocycles. The van der Waals surface area contributed by atoms with Crippen LogP contribution in [0.25, 0.3) is 0 Å². The molecule has 0 saturated carbocycles. The fourth-order valence-corrected chi connectivity index (χ4v) is 4.65. The molecule has 1 aromatic rings. The minimum absolute atomic E-state index is 0.537. The van der Waals surface area contributed by atoms with E-state index in [2.05, 4.69) is 35.6 Å². The summed E-state index contributed by atoms with van der Waals surface area (Å²) in [5.41, 5.74) is 1.24. The second-order valence-electron chi connectivity index (χ2n) is 6.04. The molecule has 0 aromatic carbocycles. The number of nitrogens with zero attached hydrogens (tertiary/aromatic N) is 3. The Labute approximate surface area is 120 Å². The molecular weight excluding hydrogens is 254 g/mol. The third kappa shape index (κ3) is 2.71. The van der Waals surface area contributed by atoms with Gasteiger partial charge < -0.3 is 0 Å². The Balaban J connectivity index is 1.70. The third-order valence-corrected chi connectivity index (χ3v) is 5.98. The van der Waals surface area contributed by atoms with Crippen molar-refractivity contribution in [2.45, 2.75) is 52.1 Å². The average molecular weight is 279 g/mol. The molecule has 0 spiro atoms. The lowest BCUT2D eigenvalue weighted by molar-refractivity contribution is 0.0313. The number of rotatable bonds is 2. The van der Waals surface area contributed by atoms with Gasteiger partial charge in [0.1, 0.15) is 0 Å². The number of aromatic nitrogens is 1. The summed E-state index contributed by atoms with van der Waals surface area (Å²) in [5, 5.41) is 1.20. The molecule has 3 rings (SSSR count). The fourth-order valence-electron chi connectivity index (χ4n) is 3.63. The quantitative estimate of drug-likeness (QED) is 0.829. The lowest BCUT2D eigenvalue weighted by atomic mass is 9.98. The van der Waals surface area contributed by atoms with Gasteiger partial charge in [0, 0.05) is 36.6 Å². The Hall–Kier alpha value is -0.450. The summed E-state index contributed by atoms with van der Waals surface area (Å²) < 4.78 is 0. The van der Waals surface area contributed by atoms with Crippen molar-refractivity contribution in [3.63, 3.8) is 0 Å². The van der Waals surface area contributed by atoms with Gasteiger partial charge in [-0.25, -0.2) is 4.98 Å². The van der Waals surface area contributed by atoms with Crippen molar-refractivity contribution in [1.29, 1.82) is 0 Å². The highest BCUT2D eigenvalue weighted by Crippen LogP contribution is 2.32. The van der Waals surface area contributed by atoms with Crippen LogP contribution in [0.2, 0.25) is 0 Å². The van der Waals surface area contributed by atoms with Gasteiger partial charge in [-0.05, 0) is 40.2 Å². The van der Waals surface area contributed by atoms with Crippen LogP contribution in [0, 0.1) is 13.8 Å². The predicted molar refractivity (Wildman–Crippen MR) is 80.8 cm³/mol. The first-order valence-electron chi connectivity index (χ1n) is 7.57. The highest BCUT2D eigenvalue weighted by atomic mass is 32.1. The molecule has 1 aromatic heterocycles. The molecule has 3 nitrogen and oxygen atoms in total.